The fourth-order valence-electron chi connectivity index (χ4n) is 3.26. The van der Waals surface area contributed by atoms with E-state index in [9.17, 15) is 0 Å². The maximum atomic E-state index is 6.25. The van der Waals surface area contributed by atoms with Crippen molar-refractivity contribution in [2.75, 3.05) is 38.7 Å². The van der Waals surface area contributed by atoms with E-state index < -0.39 is 0 Å². The van der Waals surface area contributed by atoms with Crippen molar-refractivity contribution < 1.29 is 4.74 Å². The van der Waals surface area contributed by atoms with Crippen LogP contribution in [0.3, 0.4) is 0 Å². The van der Waals surface area contributed by atoms with Crippen molar-refractivity contribution in [1.82, 2.24) is 5.32 Å². The average Bonchev–Trinajstić information content (AvgIpc) is 2.84. The Morgan fingerprint density at radius 3 is 2.89 bits per heavy atom. The predicted octanol–water partition coefficient (Wildman–Crippen LogP) is 2.42. The quantitative estimate of drug-likeness (QED) is 0.845. The fourth-order valence-corrected chi connectivity index (χ4v) is 3.50. The number of nitrogens with zero attached hydrogens (tertiary/aromatic N) is 1. The zero-order valence-electron chi connectivity index (χ0n) is 10.9. The summed E-state index contributed by atoms with van der Waals surface area (Å²) in [6.07, 6.45) is 2.41. The molecule has 1 aromatic rings. The molecule has 3 rings (SSSR count). The third-order valence-corrected chi connectivity index (χ3v) is 4.72. The first-order chi connectivity index (χ1) is 8.66. The highest BCUT2D eigenvalue weighted by molar-refractivity contribution is 6.32. The van der Waals surface area contributed by atoms with E-state index in [1.165, 1.54) is 24.1 Å². The van der Waals surface area contributed by atoms with Gasteiger partial charge in [-0.25, -0.2) is 0 Å². The number of nitrogens with one attached hydrogen (secondary N) is 1. The lowest BCUT2D eigenvalue weighted by Crippen LogP contribution is -2.40. The molecule has 18 heavy (non-hydrogen) atoms. The number of hydrogen-bond acceptors (Lipinski definition) is 3. The second-order valence-electron chi connectivity index (χ2n) is 5.38. The first-order valence-corrected chi connectivity index (χ1v) is 6.84. The molecule has 1 saturated heterocycles. The van der Waals surface area contributed by atoms with Crippen LogP contribution in [0.1, 0.15) is 18.4 Å². The van der Waals surface area contributed by atoms with Gasteiger partial charge in [0.1, 0.15) is 5.75 Å². The van der Waals surface area contributed by atoms with Crippen LogP contribution >= 0.6 is 11.6 Å². The summed E-state index contributed by atoms with van der Waals surface area (Å²) in [5.41, 5.74) is 2.93. The van der Waals surface area contributed by atoms with Crippen LogP contribution in [0.25, 0.3) is 0 Å². The molecule has 2 aliphatic heterocycles. The first kappa shape index (κ1) is 12.1. The van der Waals surface area contributed by atoms with Gasteiger partial charge in [0.05, 0.1) is 12.1 Å². The molecule has 0 saturated carbocycles. The van der Waals surface area contributed by atoms with Crippen molar-refractivity contribution in [3.63, 3.8) is 0 Å². The van der Waals surface area contributed by atoms with Crippen LogP contribution in [-0.4, -0.2) is 33.8 Å². The highest BCUT2D eigenvalue weighted by Crippen LogP contribution is 2.46. The molecule has 0 amide bonds. The van der Waals surface area contributed by atoms with E-state index >= 15 is 0 Å². The Kier molecular flexibility index (Phi) is 2.91. The Bertz CT molecular complexity index is 469. The zero-order valence-corrected chi connectivity index (χ0v) is 11.7. The topological polar surface area (TPSA) is 24.5 Å². The van der Waals surface area contributed by atoms with Gasteiger partial charge in [0.15, 0.2) is 0 Å². The standard InChI is InChI=1S/C14H19ClN2O/c1-17-6-4-14(3-5-16-9-14)10-7-13(18-2)11(15)8-12(10)17/h7-8,16H,3-6,9H2,1-2H3. The molecule has 0 bridgehead atoms. The molecule has 1 spiro atoms. The molecule has 1 atom stereocenters. The SMILES string of the molecule is COc1cc2c(cc1Cl)N(C)CCC21CCNC1. The minimum absolute atomic E-state index is 0.277. The largest absolute Gasteiger partial charge is 0.495 e. The predicted molar refractivity (Wildman–Crippen MR) is 75.1 cm³/mol. The van der Waals surface area contributed by atoms with E-state index in [-0.39, 0.29) is 5.41 Å². The van der Waals surface area contributed by atoms with Gasteiger partial charge in [-0.15, -0.1) is 0 Å². The molecule has 1 unspecified atom stereocenters. The van der Waals surface area contributed by atoms with Gasteiger partial charge >= 0.3 is 0 Å². The number of fused-ring (bicyclic) bond motifs is 2. The van der Waals surface area contributed by atoms with Crippen LogP contribution in [-0.2, 0) is 5.41 Å². The monoisotopic (exact) mass is 266 g/mol. The van der Waals surface area contributed by atoms with Crippen LogP contribution < -0.4 is 15.0 Å². The Labute approximate surface area is 113 Å². The Balaban J connectivity index is 2.16. The molecule has 0 radical (unpaired) electrons. The van der Waals surface area contributed by atoms with E-state index in [0.29, 0.717) is 5.02 Å². The summed E-state index contributed by atoms with van der Waals surface area (Å²) >= 11 is 6.25. The van der Waals surface area contributed by atoms with Crippen LogP contribution in [0.2, 0.25) is 5.02 Å². The van der Waals surface area contributed by atoms with Crippen LogP contribution in [0.4, 0.5) is 5.69 Å². The number of hydrogen-bond donors (Lipinski definition) is 1. The molecule has 2 heterocycles. The van der Waals surface area contributed by atoms with Crippen molar-refractivity contribution >= 4 is 17.3 Å². The van der Waals surface area contributed by atoms with Gasteiger partial charge in [0.2, 0.25) is 0 Å². The number of rotatable bonds is 1. The summed E-state index contributed by atoms with van der Waals surface area (Å²) in [7, 11) is 3.82. The lowest BCUT2D eigenvalue weighted by molar-refractivity contribution is 0.398. The summed E-state index contributed by atoms with van der Waals surface area (Å²) in [6, 6.07) is 4.19. The maximum Gasteiger partial charge on any atom is 0.137 e. The molecular formula is C14H19ClN2O. The minimum atomic E-state index is 0.277. The Morgan fingerprint density at radius 2 is 2.22 bits per heavy atom. The zero-order chi connectivity index (χ0) is 12.8. The molecular weight excluding hydrogens is 248 g/mol. The molecule has 98 valence electrons. The first-order valence-electron chi connectivity index (χ1n) is 6.46. The van der Waals surface area contributed by atoms with Gasteiger partial charge in [-0.1, -0.05) is 11.6 Å². The number of ether oxygens (including phenoxy) is 1. The number of benzene rings is 1. The molecule has 3 nitrogen and oxygen atoms in total. The highest BCUT2D eigenvalue weighted by Gasteiger charge is 2.41. The summed E-state index contributed by atoms with van der Waals surface area (Å²) in [5, 5.41) is 4.20. The lowest BCUT2D eigenvalue weighted by Gasteiger charge is -2.40. The number of anilines is 1. The maximum absolute atomic E-state index is 6.25. The highest BCUT2D eigenvalue weighted by atomic mass is 35.5. The number of methoxy groups -OCH3 is 1. The summed E-state index contributed by atoms with van der Waals surface area (Å²) in [4.78, 5) is 2.30. The molecule has 0 aliphatic carbocycles. The van der Waals surface area contributed by atoms with Crippen molar-refractivity contribution in [3.8, 4) is 5.75 Å². The van der Waals surface area contributed by atoms with Gasteiger partial charge in [-0.05, 0) is 37.1 Å². The number of halogens is 1. The smallest absolute Gasteiger partial charge is 0.137 e. The third-order valence-electron chi connectivity index (χ3n) is 4.42. The van der Waals surface area contributed by atoms with E-state index in [2.05, 4.69) is 29.4 Å². The van der Waals surface area contributed by atoms with Crippen LogP contribution in [0.5, 0.6) is 5.75 Å². The summed E-state index contributed by atoms with van der Waals surface area (Å²) in [5.74, 6) is 0.789. The summed E-state index contributed by atoms with van der Waals surface area (Å²) < 4.78 is 5.38. The normalized spacial score (nSPS) is 26.5. The molecule has 1 N–H and O–H groups in total. The van der Waals surface area contributed by atoms with E-state index in [0.717, 1.165) is 25.4 Å². The second kappa shape index (κ2) is 4.32. The van der Waals surface area contributed by atoms with Crippen LogP contribution in [0, 0.1) is 0 Å². The molecule has 0 aromatic heterocycles. The van der Waals surface area contributed by atoms with Crippen molar-refractivity contribution in [2.24, 2.45) is 0 Å². The van der Waals surface area contributed by atoms with E-state index in [4.69, 9.17) is 16.3 Å². The van der Waals surface area contributed by atoms with E-state index in [1.54, 1.807) is 7.11 Å². The molecule has 1 aromatic carbocycles. The van der Waals surface area contributed by atoms with Crippen molar-refractivity contribution in [3.05, 3.63) is 22.7 Å². The van der Waals surface area contributed by atoms with Gasteiger partial charge in [0.25, 0.3) is 0 Å². The Hall–Kier alpha value is -0.930. The molecule has 4 heteroatoms. The van der Waals surface area contributed by atoms with Gasteiger partial charge in [0, 0.05) is 31.2 Å². The summed E-state index contributed by atoms with van der Waals surface area (Å²) in [6.45, 7) is 3.27. The molecule has 1 fully saturated rings. The van der Waals surface area contributed by atoms with Gasteiger partial charge in [-0.3, -0.25) is 0 Å². The minimum Gasteiger partial charge on any atom is -0.495 e. The molecule has 2 aliphatic rings. The average molecular weight is 267 g/mol. The van der Waals surface area contributed by atoms with Gasteiger partial charge < -0.3 is 15.0 Å². The third kappa shape index (κ3) is 1.69. The van der Waals surface area contributed by atoms with Crippen molar-refractivity contribution in [1.29, 1.82) is 0 Å². The van der Waals surface area contributed by atoms with E-state index in [1.807, 2.05) is 0 Å². The van der Waals surface area contributed by atoms with Crippen molar-refractivity contribution in [2.45, 2.75) is 18.3 Å². The fraction of sp³-hybridized carbons (Fsp3) is 0.571. The Morgan fingerprint density at radius 1 is 1.39 bits per heavy atom. The lowest BCUT2D eigenvalue weighted by atomic mass is 9.73. The second-order valence-corrected chi connectivity index (χ2v) is 5.79. The van der Waals surface area contributed by atoms with Gasteiger partial charge in [-0.2, -0.15) is 0 Å². The van der Waals surface area contributed by atoms with Crippen LogP contribution in [0.15, 0.2) is 12.1 Å².